The van der Waals surface area contributed by atoms with Gasteiger partial charge in [0.2, 0.25) is 0 Å². The molecule has 0 spiro atoms. The molecule has 2 aromatic carbocycles. The van der Waals surface area contributed by atoms with E-state index in [9.17, 15) is 9.59 Å². The predicted molar refractivity (Wildman–Crippen MR) is 169 cm³/mol. The molecular weight excluding hydrogens is 726 g/mol. The van der Waals surface area contributed by atoms with Crippen LogP contribution in [-0.2, 0) is 9.53 Å². The van der Waals surface area contributed by atoms with Crippen LogP contribution in [0.15, 0.2) is 57.5 Å². The fraction of sp³-hybridized carbons (Fsp3) is 0.345. The van der Waals surface area contributed by atoms with Crippen molar-refractivity contribution in [2.45, 2.75) is 52.5 Å². The van der Waals surface area contributed by atoms with Gasteiger partial charge in [-0.1, -0.05) is 62.8 Å². The first kappa shape index (κ1) is 29.0. The molecule has 1 aromatic heterocycles. The van der Waals surface area contributed by atoms with Gasteiger partial charge in [0.25, 0.3) is 5.56 Å². The lowest BCUT2D eigenvalue weighted by Gasteiger charge is -2.26. The summed E-state index contributed by atoms with van der Waals surface area (Å²) >= 11 is 5.83. The number of methoxy groups -OCH3 is 1. The number of halogens is 2. The summed E-state index contributed by atoms with van der Waals surface area (Å²) in [5.41, 5.74) is 3.91. The topological polar surface area (TPSA) is 69.9 Å². The highest BCUT2D eigenvalue weighted by atomic mass is 127. The van der Waals surface area contributed by atoms with Crippen molar-refractivity contribution in [2.75, 3.05) is 13.7 Å². The Hall–Kier alpha value is -1.99. The number of esters is 1. The Labute approximate surface area is 253 Å². The van der Waals surface area contributed by atoms with Crippen LogP contribution in [0.4, 0.5) is 0 Å². The Balaban J connectivity index is 1.97. The summed E-state index contributed by atoms with van der Waals surface area (Å²) in [6.45, 7) is 8.38. The largest absolute Gasteiger partial charge is 0.495 e. The molecule has 0 N–H and O–H groups in total. The number of allylic oxidation sites excluding steroid dienone is 1. The Kier molecular flexibility index (Phi) is 9.51. The number of rotatable bonds is 8. The van der Waals surface area contributed by atoms with E-state index in [0.29, 0.717) is 32.9 Å². The molecule has 0 saturated heterocycles. The molecule has 0 fully saturated rings. The quantitative estimate of drug-likeness (QED) is 0.212. The van der Waals surface area contributed by atoms with Crippen molar-refractivity contribution in [1.82, 2.24) is 4.57 Å². The molecule has 38 heavy (non-hydrogen) atoms. The zero-order chi connectivity index (χ0) is 27.6. The summed E-state index contributed by atoms with van der Waals surface area (Å²) in [4.78, 5) is 32.7. The number of ether oxygens (including phenoxy) is 2. The molecule has 0 saturated carbocycles. The van der Waals surface area contributed by atoms with E-state index in [1.165, 1.54) is 16.9 Å². The third-order valence-corrected chi connectivity index (χ3v) is 8.92. The highest BCUT2D eigenvalue weighted by Crippen LogP contribution is 2.33. The van der Waals surface area contributed by atoms with E-state index < -0.39 is 12.0 Å². The van der Waals surface area contributed by atoms with Crippen molar-refractivity contribution >= 4 is 68.6 Å². The van der Waals surface area contributed by atoms with Crippen LogP contribution in [0.2, 0.25) is 0 Å². The van der Waals surface area contributed by atoms with E-state index in [1.54, 1.807) is 18.6 Å². The standard InChI is InChI=1S/C29H30I2N2O4S/c1-6-8-22-24(28(35)37-7-2)25(19-11-9-18(10-12-19)16(3)4)33-27(34)23(38-29(33)32-22)15-17-13-20(30)26(36-5)21(31)14-17/h9-16,25H,6-8H2,1-5H3/b23-15-/t25-/m0/s1. The van der Waals surface area contributed by atoms with E-state index in [0.717, 1.165) is 30.4 Å². The molecule has 1 aliphatic rings. The predicted octanol–water partition coefficient (Wildman–Crippen LogP) is 5.92. The molecule has 2 heterocycles. The van der Waals surface area contributed by atoms with Crippen LogP contribution >= 0.6 is 56.5 Å². The lowest BCUT2D eigenvalue weighted by atomic mass is 9.92. The molecule has 200 valence electrons. The van der Waals surface area contributed by atoms with Crippen molar-refractivity contribution in [3.63, 3.8) is 0 Å². The number of thiazole rings is 1. The smallest absolute Gasteiger partial charge is 0.338 e. The Morgan fingerprint density at radius 3 is 2.37 bits per heavy atom. The first-order valence-corrected chi connectivity index (χ1v) is 15.5. The Morgan fingerprint density at radius 2 is 1.82 bits per heavy atom. The molecule has 0 aliphatic carbocycles. The average Bonchev–Trinajstić information content (AvgIpc) is 3.17. The lowest BCUT2D eigenvalue weighted by Crippen LogP contribution is -2.40. The molecule has 0 amide bonds. The Morgan fingerprint density at radius 1 is 1.16 bits per heavy atom. The fourth-order valence-corrected chi connectivity index (χ4v) is 7.79. The molecule has 9 heteroatoms. The number of aromatic nitrogens is 1. The van der Waals surface area contributed by atoms with Crippen LogP contribution in [-0.4, -0.2) is 24.3 Å². The van der Waals surface area contributed by atoms with E-state index in [4.69, 9.17) is 14.5 Å². The van der Waals surface area contributed by atoms with Gasteiger partial charge in [-0.3, -0.25) is 9.36 Å². The number of fused-ring (bicyclic) bond motifs is 1. The van der Waals surface area contributed by atoms with E-state index in [2.05, 4.69) is 78.1 Å². The van der Waals surface area contributed by atoms with Crippen LogP contribution in [0.3, 0.4) is 0 Å². The highest BCUT2D eigenvalue weighted by molar-refractivity contribution is 14.1. The Bertz CT molecular complexity index is 1550. The van der Waals surface area contributed by atoms with Gasteiger partial charge in [-0.25, -0.2) is 9.79 Å². The molecule has 1 aliphatic heterocycles. The van der Waals surface area contributed by atoms with Gasteiger partial charge in [-0.05, 0) is 99.3 Å². The highest BCUT2D eigenvalue weighted by Gasteiger charge is 2.34. The molecule has 0 unspecified atom stereocenters. The number of hydrogen-bond acceptors (Lipinski definition) is 6. The van der Waals surface area contributed by atoms with Crippen molar-refractivity contribution in [3.8, 4) is 5.75 Å². The van der Waals surface area contributed by atoms with E-state index in [1.807, 2.05) is 30.3 Å². The zero-order valence-corrected chi connectivity index (χ0v) is 27.1. The van der Waals surface area contributed by atoms with Crippen LogP contribution in [0.5, 0.6) is 5.75 Å². The summed E-state index contributed by atoms with van der Waals surface area (Å²) in [6.07, 6.45) is 3.33. The summed E-state index contributed by atoms with van der Waals surface area (Å²) < 4.78 is 15.1. The second-order valence-electron chi connectivity index (χ2n) is 9.25. The second-order valence-corrected chi connectivity index (χ2v) is 12.6. The first-order valence-electron chi connectivity index (χ1n) is 12.5. The molecular formula is C29H30I2N2O4S. The minimum Gasteiger partial charge on any atom is -0.495 e. The number of carbonyl (C=O) groups is 1. The fourth-order valence-electron chi connectivity index (χ4n) is 4.51. The monoisotopic (exact) mass is 756 g/mol. The van der Waals surface area contributed by atoms with Gasteiger partial charge in [-0.2, -0.15) is 0 Å². The maximum absolute atomic E-state index is 13.9. The van der Waals surface area contributed by atoms with Crippen molar-refractivity contribution in [1.29, 1.82) is 0 Å². The van der Waals surface area contributed by atoms with Crippen LogP contribution in [0.1, 0.15) is 69.2 Å². The van der Waals surface area contributed by atoms with Gasteiger partial charge in [0.15, 0.2) is 4.80 Å². The molecule has 3 aromatic rings. The third kappa shape index (κ3) is 5.79. The lowest BCUT2D eigenvalue weighted by molar-refractivity contribution is -0.139. The van der Waals surface area contributed by atoms with Crippen LogP contribution in [0, 0.1) is 7.14 Å². The van der Waals surface area contributed by atoms with E-state index >= 15 is 0 Å². The summed E-state index contributed by atoms with van der Waals surface area (Å²) in [6, 6.07) is 11.5. The SMILES string of the molecule is CCCC1=C(C(=O)OCC)[C@H](c2ccc(C(C)C)cc2)n2c(s/c(=C\c3cc(I)c(OC)c(I)c3)c2=O)=N1. The van der Waals surface area contributed by atoms with Crippen LogP contribution in [0.25, 0.3) is 6.08 Å². The number of nitrogens with zero attached hydrogens (tertiary/aromatic N) is 2. The molecule has 0 radical (unpaired) electrons. The van der Waals surface area contributed by atoms with Gasteiger partial charge in [0.1, 0.15) is 5.75 Å². The van der Waals surface area contributed by atoms with Gasteiger partial charge >= 0.3 is 5.97 Å². The molecule has 1 atom stereocenters. The maximum atomic E-state index is 13.9. The van der Waals surface area contributed by atoms with Gasteiger partial charge < -0.3 is 9.47 Å². The first-order chi connectivity index (χ1) is 18.2. The molecule has 0 bridgehead atoms. The summed E-state index contributed by atoms with van der Waals surface area (Å²) in [5.74, 6) is 0.765. The molecule has 6 nitrogen and oxygen atoms in total. The van der Waals surface area contributed by atoms with Gasteiger partial charge in [0, 0.05) is 0 Å². The number of hydrogen-bond donors (Lipinski definition) is 0. The van der Waals surface area contributed by atoms with Crippen molar-refractivity contribution in [3.05, 3.63) is 91.2 Å². The number of carbonyl (C=O) groups excluding carboxylic acids is 1. The van der Waals surface area contributed by atoms with E-state index in [-0.39, 0.29) is 12.2 Å². The molecule has 4 rings (SSSR count). The second kappa shape index (κ2) is 12.5. The van der Waals surface area contributed by atoms with Gasteiger partial charge in [0.05, 0.1) is 42.7 Å². The third-order valence-electron chi connectivity index (χ3n) is 6.33. The number of benzene rings is 2. The van der Waals surface area contributed by atoms with Crippen molar-refractivity contribution < 1.29 is 14.3 Å². The minimum absolute atomic E-state index is 0.176. The van der Waals surface area contributed by atoms with Crippen molar-refractivity contribution in [2.24, 2.45) is 4.99 Å². The normalized spacial score (nSPS) is 15.5. The summed E-state index contributed by atoms with van der Waals surface area (Å²) in [5, 5.41) is 0. The van der Waals surface area contributed by atoms with Crippen LogP contribution < -0.4 is 19.6 Å². The maximum Gasteiger partial charge on any atom is 0.338 e. The zero-order valence-electron chi connectivity index (χ0n) is 22.0. The average molecular weight is 756 g/mol. The summed E-state index contributed by atoms with van der Waals surface area (Å²) in [7, 11) is 1.65. The minimum atomic E-state index is -0.605. The van der Waals surface area contributed by atoms with Gasteiger partial charge in [-0.15, -0.1) is 0 Å².